The fourth-order valence-electron chi connectivity index (χ4n) is 2.53. The van der Waals surface area contributed by atoms with Crippen LogP contribution in [0.4, 0.5) is 27.5 Å². The first-order valence-electron chi connectivity index (χ1n) is 8.05. The van der Waals surface area contributed by atoms with Crippen molar-refractivity contribution in [2.24, 2.45) is 0 Å². The SMILES string of the molecule is COc1ccc(Nc2ncc(Cl)c(Nc3ccc4oc(=O)[nH]c4c3)n2)c(F)c1. The summed E-state index contributed by atoms with van der Waals surface area (Å²) in [6.07, 6.45) is 1.39. The molecule has 0 radical (unpaired) electrons. The predicted molar refractivity (Wildman–Crippen MR) is 103 cm³/mol. The first-order chi connectivity index (χ1) is 13.5. The normalized spacial score (nSPS) is 10.8. The van der Waals surface area contributed by atoms with Gasteiger partial charge in [0, 0.05) is 11.8 Å². The highest BCUT2D eigenvalue weighted by Crippen LogP contribution is 2.27. The summed E-state index contributed by atoms with van der Waals surface area (Å²) in [6.45, 7) is 0. The number of nitrogens with zero attached hydrogens (tertiary/aromatic N) is 2. The number of H-pyrrole nitrogens is 1. The molecule has 10 heteroatoms. The average Bonchev–Trinajstić information content (AvgIpc) is 3.05. The zero-order valence-electron chi connectivity index (χ0n) is 14.4. The molecule has 0 spiro atoms. The van der Waals surface area contributed by atoms with Crippen LogP contribution in [0.25, 0.3) is 11.1 Å². The van der Waals surface area contributed by atoms with Crippen LogP contribution in [-0.2, 0) is 0 Å². The van der Waals surface area contributed by atoms with Crippen LogP contribution >= 0.6 is 11.6 Å². The monoisotopic (exact) mass is 401 g/mol. The maximum Gasteiger partial charge on any atom is 0.417 e. The summed E-state index contributed by atoms with van der Waals surface area (Å²) >= 11 is 6.16. The molecule has 0 bridgehead atoms. The van der Waals surface area contributed by atoms with Gasteiger partial charge in [-0.3, -0.25) is 4.98 Å². The number of halogens is 2. The minimum Gasteiger partial charge on any atom is -0.497 e. The highest BCUT2D eigenvalue weighted by Gasteiger charge is 2.10. The van der Waals surface area contributed by atoms with Crippen molar-refractivity contribution in [3.63, 3.8) is 0 Å². The molecule has 4 rings (SSSR count). The van der Waals surface area contributed by atoms with Crippen LogP contribution in [0.5, 0.6) is 5.75 Å². The van der Waals surface area contributed by atoms with E-state index in [1.54, 1.807) is 24.3 Å². The number of rotatable bonds is 5. The predicted octanol–water partition coefficient (Wildman–Crippen LogP) is 4.20. The van der Waals surface area contributed by atoms with E-state index in [0.717, 1.165) is 0 Å². The van der Waals surface area contributed by atoms with E-state index in [1.807, 2.05) is 0 Å². The Bertz CT molecular complexity index is 1220. The number of aromatic nitrogens is 3. The van der Waals surface area contributed by atoms with E-state index >= 15 is 0 Å². The molecule has 142 valence electrons. The second-order valence-electron chi connectivity index (χ2n) is 5.71. The van der Waals surface area contributed by atoms with E-state index in [9.17, 15) is 9.18 Å². The van der Waals surface area contributed by atoms with Crippen LogP contribution in [0.2, 0.25) is 5.02 Å². The Hall–Kier alpha value is -3.59. The van der Waals surface area contributed by atoms with Crippen LogP contribution in [0.15, 0.2) is 51.8 Å². The number of oxazole rings is 1. The Kier molecular flexibility index (Phi) is 4.58. The number of anilines is 4. The summed E-state index contributed by atoms with van der Waals surface area (Å²) in [5.41, 5.74) is 1.76. The minimum atomic E-state index is -0.541. The highest BCUT2D eigenvalue weighted by atomic mass is 35.5. The third-order valence-corrected chi connectivity index (χ3v) is 4.13. The van der Waals surface area contributed by atoms with Crippen molar-refractivity contribution >= 4 is 45.8 Å². The van der Waals surface area contributed by atoms with Gasteiger partial charge in [-0.2, -0.15) is 4.98 Å². The van der Waals surface area contributed by atoms with Crippen LogP contribution in [0.1, 0.15) is 0 Å². The Morgan fingerprint density at radius 1 is 1.21 bits per heavy atom. The maximum absolute atomic E-state index is 14.1. The zero-order valence-corrected chi connectivity index (χ0v) is 15.2. The lowest BCUT2D eigenvalue weighted by molar-refractivity contribution is 0.411. The van der Waals surface area contributed by atoms with Gasteiger partial charge < -0.3 is 19.8 Å². The molecule has 2 aromatic carbocycles. The van der Waals surface area contributed by atoms with Crippen molar-refractivity contribution in [2.75, 3.05) is 17.7 Å². The molecule has 8 nitrogen and oxygen atoms in total. The van der Waals surface area contributed by atoms with Crippen molar-refractivity contribution < 1.29 is 13.5 Å². The molecule has 0 saturated carbocycles. The Labute approximate surface area is 162 Å². The van der Waals surface area contributed by atoms with Crippen molar-refractivity contribution in [1.29, 1.82) is 0 Å². The Balaban J connectivity index is 1.60. The van der Waals surface area contributed by atoms with E-state index in [1.165, 1.54) is 25.4 Å². The van der Waals surface area contributed by atoms with Crippen LogP contribution in [0, 0.1) is 5.82 Å². The molecule has 0 fully saturated rings. The molecule has 2 aromatic heterocycles. The number of ether oxygens (including phenoxy) is 1. The van der Waals surface area contributed by atoms with Gasteiger partial charge in [-0.25, -0.2) is 14.2 Å². The second kappa shape index (κ2) is 7.20. The van der Waals surface area contributed by atoms with Gasteiger partial charge >= 0.3 is 5.76 Å². The summed E-state index contributed by atoms with van der Waals surface area (Å²) in [5.74, 6) is -0.204. The van der Waals surface area contributed by atoms with Gasteiger partial charge in [0.15, 0.2) is 11.4 Å². The van der Waals surface area contributed by atoms with Crippen molar-refractivity contribution in [3.05, 3.63) is 64.0 Å². The number of hydrogen-bond acceptors (Lipinski definition) is 7. The molecule has 4 aromatic rings. The molecule has 0 amide bonds. The van der Waals surface area contributed by atoms with E-state index in [0.29, 0.717) is 28.4 Å². The number of benzene rings is 2. The average molecular weight is 402 g/mol. The van der Waals surface area contributed by atoms with Crippen LogP contribution < -0.4 is 21.1 Å². The Morgan fingerprint density at radius 2 is 2.07 bits per heavy atom. The summed E-state index contributed by atoms with van der Waals surface area (Å²) in [7, 11) is 1.46. The standard InChI is InChI=1S/C18H13ClFN5O3/c1-27-10-3-4-13(12(20)7-10)23-17-21-8-11(19)16(25-17)22-9-2-5-15-14(6-9)24-18(26)28-15/h2-8H,1H3,(H,24,26)(H2,21,22,23,25). The number of hydrogen-bond donors (Lipinski definition) is 3. The van der Waals surface area contributed by atoms with Crippen LogP contribution in [-0.4, -0.2) is 22.1 Å². The van der Waals surface area contributed by atoms with E-state index < -0.39 is 11.6 Å². The Morgan fingerprint density at radius 3 is 2.86 bits per heavy atom. The largest absolute Gasteiger partial charge is 0.497 e. The highest BCUT2D eigenvalue weighted by molar-refractivity contribution is 6.32. The minimum absolute atomic E-state index is 0.147. The molecule has 0 saturated heterocycles. The van der Waals surface area contributed by atoms with Crippen molar-refractivity contribution in [3.8, 4) is 5.75 Å². The maximum atomic E-state index is 14.1. The van der Waals surface area contributed by atoms with Crippen molar-refractivity contribution in [1.82, 2.24) is 15.0 Å². The lowest BCUT2D eigenvalue weighted by Crippen LogP contribution is -2.02. The first-order valence-corrected chi connectivity index (χ1v) is 8.42. The molecule has 0 aliphatic heterocycles. The smallest absolute Gasteiger partial charge is 0.417 e. The van der Waals surface area contributed by atoms with Gasteiger partial charge in [0.2, 0.25) is 5.95 Å². The third-order valence-electron chi connectivity index (χ3n) is 3.85. The lowest BCUT2D eigenvalue weighted by Gasteiger charge is -2.11. The molecule has 0 aliphatic rings. The van der Waals surface area contributed by atoms with E-state index in [-0.39, 0.29) is 16.7 Å². The lowest BCUT2D eigenvalue weighted by atomic mass is 10.3. The quantitative estimate of drug-likeness (QED) is 0.460. The first kappa shape index (κ1) is 17.8. The zero-order chi connectivity index (χ0) is 19.7. The number of fused-ring (bicyclic) bond motifs is 1. The van der Waals surface area contributed by atoms with Gasteiger partial charge in [-0.15, -0.1) is 0 Å². The molecule has 2 heterocycles. The molecular weight excluding hydrogens is 389 g/mol. The molecule has 28 heavy (non-hydrogen) atoms. The molecule has 3 N–H and O–H groups in total. The van der Waals surface area contributed by atoms with Gasteiger partial charge in [-0.05, 0) is 30.3 Å². The molecule has 0 unspecified atom stereocenters. The summed E-state index contributed by atoms with van der Waals surface area (Å²) in [5, 5.41) is 6.09. The topological polar surface area (TPSA) is 105 Å². The second-order valence-corrected chi connectivity index (χ2v) is 6.12. The fraction of sp³-hybridized carbons (Fsp3) is 0.0556. The van der Waals surface area contributed by atoms with E-state index in [4.69, 9.17) is 20.8 Å². The molecule has 0 atom stereocenters. The molecule has 0 aliphatic carbocycles. The van der Waals surface area contributed by atoms with Gasteiger partial charge in [-0.1, -0.05) is 11.6 Å². The van der Waals surface area contributed by atoms with E-state index in [2.05, 4.69) is 25.6 Å². The summed E-state index contributed by atoms with van der Waals surface area (Å²) in [6, 6.07) is 9.39. The van der Waals surface area contributed by atoms with Crippen molar-refractivity contribution in [2.45, 2.75) is 0 Å². The number of aromatic amines is 1. The molecular formula is C18H13ClFN5O3. The van der Waals surface area contributed by atoms with Crippen LogP contribution in [0.3, 0.4) is 0 Å². The fourth-order valence-corrected chi connectivity index (χ4v) is 2.66. The number of nitrogens with one attached hydrogen (secondary N) is 3. The van der Waals surface area contributed by atoms with Gasteiger partial charge in [0.05, 0.1) is 24.5 Å². The third kappa shape index (κ3) is 3.60. The summed E-state index contributed by atoms with van der Waals surface area (Å²) in [4.78, 5) is 22.2. The number of methoxy groups -OCH3 is 1. The van der Waals surface area contributed by atoms with Gasteiger partial charge in [0.1, 0.15) is 16.6 Å². The van der Waals surface area contributed by atoms with Gasteiger partial charge in [0.25, 0.3) is 0 Å². The summed E-state index contributed by atoms with van der Waals surface area (Å²) < 4.78 is 24.1.